The number of guanidine groups is 1. The van der Waals surface area contributed by atoms with Gasteiger partial charge >= 0.3 is 0 Å². The highest BCUT2D eigenvalue weighted by Crippen LogP contribution is 2.11. The summed E-state index contributed by atoms with van der Waals surface area (Å²) in [6.45, 7) is 3.77. The number of furan rings is 1. The highest BCUT2D eigenvalue weighted by Gasteiger charge is 2.16. The van der Waals surface area contributed by atoms with Crippen LogP contribution < -0.4 is 16.0 Å². The molecule has 1 aliphatic heterocycles. The Morgan fingerprint density at radius 1 is 1.23 bits per heavy atom. The van der Waals surface area contributed by atoms with Crippen LogP contribution in [0.3, 0.4) is 0 Å². The Kier molecular flexibility index (Phi) is 9.40. The van der Waals surface area contributed by atoms with Crippen molar-refractivity contribution in [3.8, 4) is 0 Å². The molecule has 0 radical (unpaired) electrons. The van der Waals surface area contributed by atoms with Crippen LogP contribution in [0.2, 0.25) is 0 Å². The summed E-state index contributed by atoms with van der Waals surface area (Å²) in [4.78, 5) is 16.6. The molecule has 3 N–H and O–H groups in total. The number of ether oxygens (including phenoxy) is 2. The molecular formula is C23H32N4O4. The molecule has 3 rings (SSSR count). The summed E-state index contributed by atoms with van der Waals surface area (Å²) in [5.74, 6) is 1.46. The van der Waals surface area contributed by atoms with Crippen LogP contribution in [0.25, 0.3) is 0 Å². The van der Waals surface area contributed by atoms with Gasteiger partial charge in [0.25, 0.3) is 5.91 Å². The first-order valence-corrected chi connectivity index (χ1v) is 10.8. The van der Waals surface area contributed by atoms with Crippen molar-refractivity contribution in [2.24, 2.45) is 4.99 Å². The lowest BCUT2D eigenvalue weighted by Gasteiger charge is -2.13. The molecule has 8 nitrogen and oxygen atoms in total. The molecule has 0 aliphatic carbocycles. The second-order valence-corrected chi connectivity index (χ2v) is 7.38. The number of rotatable bonds is 11. The fourth-order valence-corrected chi connectivity index (χ4v) is 3.29. The lowest BCUT2D eigenvalue weighted by atomic mass is 10.1. The first kappa shape index (κ1) is 22.8. The minimum absolute atomic E-state index is 0.0746. The van der Waals surface area contributed by atoms with E-state index in [0.29, 0.717) is 37.8 Å². The predicted octanol–water partition coefficient (Wildman–Crippen LogP) is 2.46. The maximum absolute atomic E-state index is 12.4. The van der Waals surface area contributed by atoms with Crippen LogP contribution in [-0.4, -0.2) is 51.3 Å². The normalized spacial score (nSPS) is 16.3. The molecule has 1 aromatic carbocycles. The second-order valence-electron chi connectivity index (χ2n) is 7.38. The van der Waals surface area contributed by atoms with Gasteiger partial charge in [0.15, 0.2) is 5.96 Å². The van der Waals surface area contributed by atoms with Crippen molar-refractivity contribution in [3.63, 3.8) is 0 Å². The lowest BCUT2D eigenvalue weighted by molar-refractivity contribution is 0.0857. The molecule has 2 heterocycles. The summed E-state index contributed by atoms with van der Waals surface area (Å²) < 4.78 is 16.4. The first-order chi connectivity index (χ1) is 15.2. The van der Waals surface area contributed by atoms with Gasteiger partial charge in [-0.25, -0.2) is 0 Å². The fraction of sp³-hybridized carbons (Fsp3) is 0.478. The van der Waals surface area contributed by atoms with Gasteiger partial charge in [0.1, 0.15) is 12.4 Å². The summed E-state index contributed by atoms with van der Waals surface area (Å²) in [5, 5.41) is 9.50. The molecule has 1 aromatic heterocycles. The summed E-state index contributed by atoms with van der Waals surface area (Å²) in [6.07, 6.45) is 4.70. The average molecular weight is 429 g/mol. The van der Waals surface area contributed by atoms with Crippen LogP contribution in [0.5, 0.6) is 0 Å². The molecule has 8 heteroatoms. The Morgan fingerprint density at radius 3 is 2.94 bits per heavy atom. The molecule has 1 atom stereocenters. The molecule has 1 amide bonds. The monoisotopic (exact) mass is 428 g/mol. The van der Waals surface area contributed by atoms with Crippen molar-refractivity contribution in [1.82, 2.24) is 16.0 Å². The smallest absolute Gasteiger partial charge is 0.251 e. The van der Waals surface area contributed by atoms with Crippen molar-refractivity contribution in [2.45, 2.75) is 38.5 Å². The fourth-order valence-electron chi connectivity index (χ4n) is 3.29. The molecule has 1 aliphatic rings. The number of carbonyl (C=O) groups is 1. The van der Waals surface area contributed by atoms with Crippen molar-refractivity contribution in [3.05, 3.63) is 59.5 Å². The average Bonchev–Trinajstić information content (AvgIpc) is 3.51. The van der Waals surface area contributed by atoms with E-state index in [9.17, 15) is 4.79 Å². The van der Waals surface area contributed by atoms with Gasteiger partial charge in [-0.1, -0.05) is 12.1 Å². The van der Waals surface area contributed by atoms with Crippen LogP contribution in [0.4, 0.5) is 0 Å². The zero-order chi connectivity index (χ0) is 21.7. The Labute approximate surface area is 183 Å². The van der Waals surface area contributed by atoms with Gasteiger partial charge in [0.05, 0.1) is 12.4 Å². The van der Waals surface area contributed by atoms with E-state index in [4.69, 9.17) is 13.9 Å². The quantitative estimate of drug-likeness (QED) is 0.289. The van der Waals surface area contributed by atoms with E-state index in [1.54, 1.807) is 13.3 Å². The molecule has 2 aromatic rings. The minimum atomic E-state index is -0.0746. The van der Waals surface area contributed by atoms with E-state index in [2.05, 4.69) is 20.9 Å². The number of nitrogens with one attached hydrogen (secondary N) is 3. The highest BCUT2D eigenvalue weighted by atomic mass is 16.5. The van der Waals surface area contributed by atoms with Crippen molar-refractivity contribution < 1.29 is 18.7 Å². The van der Waals surface area contributed by atoms with Crippen molar-refractivity contribution in [2.75, 3.05) is 33.4 Å². The first-order valence-electron chi connectivity index (χ1n) is 10.8. The van der Waals surface area contributed by atoms with Crippen LogP contribution >= 0.6 is 0 Å². The van der Waals surface area contributed by atoms with Crippen LogP contribution in [-0.2, 0) is 22.6 Å². The number of hydrogen-bond acceptors (Lipinski definition) is 5. The van der Waals surface area contributed by atoms with E-state index in [0.717, 1.165) is 43.7 Å². The number of benzene rings is 1. The van der Waals surface area contributed by atoms with Crippen LogP contribution in [0.15, 0.2) is 52.1 Å². The van der Waals surface area contributed by atoms with Gasteiger partial charge < -0.3 is 29.8 Å². The lowest BCUT2D eigenvalue weighted by Crippen LogP contribution is -2.37. The number of aliphatic imine (C=N–C) groups is 1. The molecule has 0 saturated carbocycles. The van der Waals surface area contributed by atoms with Gasteiger partial charge in [-0.2, -0.15) is 0 Å². The molecular weight excluding hydrogens is 396 g/mol. The van der Waals surface area contributed by atoms with E-state index in [-0.39, 0.29) is 12.0 Å². The minimum Gasteiger partial charge on any atom is -0.467 e. The van der Waals surface area contributed by atoms with Crippen molar-refractivity contribution >= 4 is 11.9 Å². The predicted molar refractivity (Wildman–Crippen MR) is 119 cm³/mol. The van der Waals surface area contributed by atoms with E-state index in [1.807, 2.05) is 36.4 Å². The summed E-state index contributed by atoms with van der Waals surface area (Å²) in [5.41, 5.74) is 1.66. The Balaban J connectivity index is 1.33. The van der Waals surface area contributed by atoms with Gasteiger partial charge in [-0.3, -0.25) is 9.79 Å². The van der Waals surface area contributed by atoms with Crippen LogP contribution in [0, 0.1) is 0 Å². The molecule has 31 heavy (non-hydrogen) atoms. The molecule has 0 bridgehead atoms. The second kappa shape index (κ2) is 12.8. The molecule has 1 unspecified atom stereocenters. The maximum Gasteiger partial charge on any atom is 0.251 e. The zero-order valence-corrected chi connectivity index (χ0v) is 18.1. The van der Waals surface area contributed by atoms with E-state index in [1.165, 1.54) is 0 Å². The molecule has 1 saturated heterocycles. The van der Waals surface area contributed by atoms with Crippen molar-refractivity contribution in [1.29, 1.82) is 0 Å². The van der Waals surface area contributed by atoms with Crippen LogP contribution in [0.1, 0.15) is 40.9 Å². The summed E-state index contributed by atoms with van der Waals surface area (Å²) in [6, 6.07) is 11.3. The molecule has 1 fully saturated rings. The number of hydrogen-bond donors (Lipinski definition) is 3. The maximum atomic E-state index is 12.4. The number of carbonyl (C=O) groups excluding carboxylic acids is 1. The van der Waals surface area contributed by atoms with Gasteiger partial charge in [0, 0.05) is 45.5 Å². The molecule has 168 valence electrons. The third-order valence-electron chi connectivity index (χ3n) is 4.97. The molecule has 0 spiro atoms. The summed E-state index contributed by atoms with van der Waals surface area (Å²) >= 11 is 0. The standard InChI is InChI=1S/C23H32N4O4/c1-24-23(25-10-5-11-29-17-21-9-4-13-31-21)27-15-18-6-2-7-19(14-18)22(28)26-16-20-8-3-12-30-20/h2,4,6-7,9,13-14,20H,3,5,8,10-12,15-17H2,1H3,(H,26,28)(H2,24,25,27). The van der Waals surface area contributed by atoms with Gasteiger partial charge in [0.2, 0.25) is 0 Å². The Hall–Kier alpha value is -2.84. The summed E-state index contributed by atoms with van der Waals surface area (Å²) in [7, 11) is 1.73. The van der Waals surface area contributed by atoms with Gasteiger partial charge in [-0.05, 0) is 49.1 Å². The van der Waals surface area contributed by atoms with E-state index < -0.39 is 0 Å². The Morgan fingerprint density at radius 2 is 2.16 bits per heavy atom. The Bertz CT molecular complexity index is 817. The highest BCUT2D eigenvalue weighted by molar-refractivity contribution is 5.94. The third kappa shape index (κ3) is 8.07. The topological polar surface area (TPSA) is 97.1 Å². The van der Waals surface area contributed by atoms with Gasteiger partial charge in [-0.15, -0.1) is 0 Å². The third-order valence-corrected chi connectivity index (χ3v) is 4.97. The number of amides is 1. The SMILES string of the molecule is CN=C(NCCCOCc1ccco1)NCc1cccc(C(=O)NCC2CCCO2)c1. The largest absolute Gasteiger partial charge is 0.467 e. The zero-order valence-electron chi connectivity index (χ0n) is 18.1. The van der Waals surface area contributed by atoms with E-state index >= 15 is 0 Å². The number of nitrogens with zero attached hydrogens (tertiary/aromatic N) is 1.